The van der Waals surface area contributed by atoms with Gasteiger partial charge in [0, 0.05) is 4.88 Å². The zero-order chi connectivity index (χ0) is 20.0. The normalized spacial score (nSPS) is 12.1. The molecule has 0 radical (unpaired) electrons. The molecule has 3 N–H and O–H groups in total. The number of alkyl carbamates (subject to hydrolysis) is 1. The van der Waals surface area contributed by atoms with Gasteiger partial charge < -0.3 is 15.2 Å². The number of aromatic nitrogens is 1. The van der Waals surface area contributed by atoms with Crippen molar-refractivity contribution in [1.82, 2.24) is 9.99 Å². The number of carbonyl (C=O) groups excluding carboxylic acids is 1. The number of hydrogen-bond donors (Lipinski definition) is 3. The molecule has 0 bridgehead atoms. The van der Waals surface area contributed by atoms with Crippen molar-refractivity contribution < 1.29 is 19.4 Å². The average molecular weight is 397 g/mol. The molecular formula is C17H23N3O6S. The Bertz CT molecular complexity index is 839. The molecule has 1 amide bonds. The fourth-order valence-electron chi connectivity index (χ4n) is 2.41. The first-order valence-corrected chi connectivity index (χ1v) is 9.60. The van der Waals surface area contributed by atoms with E-state index in [0.29, 0.717) is 17.4 Å². The van der Waals surface area contributed by atoms with Crippen LogP contribution >= 0.6 is 11.3 Å². The number of thiophene rings is 1. The number of nitrogens with one attached hydrogen (secondary N) is 2. The van der Waals surface area contributed by atoms with Crippen molar-refractivity contribution in [1.29, 1.82) is 0 Å². The van der Waals surface area contributed by atoms with E-state index in [1.54, 1.807) is 0 Å². The van der Waals surface area contributed by atoms with Crippen LogP contribution in [0.5, 0.6) is 0 Å². The third kappa shape index (κ3) is 5.68. The van der Waals surface area contributed by atoms with E-state index in [4.69, 9.17) is 4.74 Å². The van der Waals surface area contributed by atoms with Gasteiger partial charge in [-0.25, -0.2) is 9.59 Å². The Hall–Kier alpha value is -2.62. The Morgan fingerprint density at radius 3 is 2.56 bits per heavy atom. The molecule has 27 heavy (non-hydrogen) atoms. The molecule has 2 rings (SSSR count). The van der Waals surface area contributed by atoms with Crippen LogP contribution in [-0.2, 0) is 11.3 Å². The lowest BCUT2D eigenvalue weighted by molar-refractivity contribution is 0.0698. The van der Waals surface area contributed by atoms with E-state index in [-0.39, 0.29) is 17.1 Å². The molecule has 10 heteroatoms. The van der Waals surface area contributed by atoms with Gasteiger partial charge in [0.25, 0.3) is 0 Å². The zero-order valence-corrected chi connectivity index (χ0v) is 16.1. The minimum atomic E-state index is -1.20. The van der Waals surface area contributed by atoms with Crippen LogP contribution < -0.4 is 21.9 Å². The molecule has 1 atom stereocenters. The van der Waals surface area contributed by atoms with Crippen LogP contribution in [0, 0.1) is 5.92 Å². The van der Waals surface area contributed by atoms with Crippen molar-refractivity contribution in [2.75, 3.05) is 12.0 Å². The van der Waals surface area contributed by atoms with E-state index in [1.165, 1.54) is 6.07 Å². The summed E-state index contributed by atoms with van der Waals surface area (Å²) in [4.78, 5) is 45.8. The second-order valence-corrected chi connectivity index (χ2v) is 7.32. The number of nitrogens with zero attached hydrogens (tertiary/aromatic N) is 1. The molecule has 0 saturated heterocycles. The first-order chi connectivity index (χ1) is 12.9. The lowest BCUT2D eigenvalue weighted by Gasteiger charge is -2.14. The van der Waals surface area contributed by atoms with E-state index in [1.807, 2.05) is 0 Å². The third-order valence-corrected chi connectivity index (χ3v) is 5.21. The largest absolute Gasteiger partial charge is 0.478 e. The highest BCUT2D eigenvalue weighted by molar-refractivity contribution is 7.16. The highest BCUT2D eigenvalue weighted by Gasteiger charge is 2.22. The number of carboxylic acids is 1. The summed E-state index contributed by atoms with van der Waals surface area (Å²) in [6, 6.07) is 1.38. The highest BCUT2D eigenvalue weighted by atomic mass is 32.1. The van der Waals surface area contributed by atoms with Gasteiger partial charge in [-0.05, 0) is 18.4 Å². The molecule has 2 aromatic rings. The van der Waals surface area contributed by atoms with Gasteiger partial charge in [-0.15, -0.1) is 11.3 Å². The summed E-state index contributed by atoms with van der Waals surface area (Å²) in [5.41, 5.74) is 0.937. The SMILES string of the molecule is CCCCC(CC)COC(=O)NCc1cc(C(=O)O)c(Nn2c(=O)c2=O)s1. The van der Waals surface area contributed by atoms with Crippen molar-refractivity contribution in [3.63, 3.8) is 0 Å². The summed E-state index contributed by atoms with van der Waals surface area (Å²) in [6.07, 6.45) is 3.56. The Kier molecular flexibility index (Phi) is 7.17. The maximum Gasteiger partial charge on any atom is 0.407 e. The summed E-state index contributed by atoms with van der Waals surface area (Å²) < 4.78 is 5.95. The maximum atomic E-state index is 11.9. The minimum Gasteiger partial charge on any atom is -0.478 e. The standard InChI is InChI=1S/C17H23N3O6S/c1-3-5-6-10(4-2)9-26-17(25)18-8-11-7-12(16(23)24)13(27-11)19-20-14(21)15(20)22/h7,10,19H,3-6,8-9H2,1-2H3,(H,18,25)(H,23,24). The van der Waals surface area contributed by atoms with Gasteiger partial charge >= 0.3 is 23.2 Å². The lowest BCUT2D eigenvalue weighted by Crippen LogP contribution is -2.25. The van der Waals surface area contributed by atoms with Gasteiger partial charge in [0.15, 0.2) is 0 Å². The molecule has 9 nitrogen and oxygen atoms in total. The molecule has 0 spiro atoms. The maximum absolute atomic E-state index is 11.9. The Labute approximate surface area is 159 Å². The Morgan fingerprint density at radius 2 is 2.00 bits per heavy atom. The molecule has 0 aliphatic heterocycles. The van der Waals surface area contributed by atoms with Gasteiger partial charge in [-0.2, -0.15) is 4.68 Å². The molecule has 0 aliphatic carbocycles. The molecule has 148 valence electrons. The van der Waals surface area contributed by atoms with Gasteiger partial charge in [0.2, 0.25) is 0 Å². The number of anilines is 1. The van der Waals surface area contributed by atoms with Crippen molar-refractivity contribution >= 4 is 28.4 Å². The van der Waals surface area contributed by atoms with Crippen LogP contribution in [-0.4, -0.2) is 28.5 Å². The van der Waals surface area contributed by atoms with Crippen LogP contribution in [0.3, 0.4) is 0 Å². The van der Waals surface area contributed by atoms with Gasteiger partial charge in [0.05, 0.1) is 18.7 Å². The first kappa shape index (κ1) is 20.7. The second kappa shape index (κ2) is 9.36. The molecule has 1 unspecified atom stereocenters. The van der Waals surface area contributed by atoms with Crippen molar-refractivity contribution in [3.05, 3.63) is 37.2 Å². The van der Waals surface area contributed by atoms with Crippen molar-refractivity contribution in [2.24, 2.45) is 5.92 Å². The number of carbonyl (C=O) groups is 2. The van der Waals surface area contributed by atoms with E-state index >= 15 is 0 Å². The lowest BCUT2D eigenvalue weighted by atomic mass is 10.0. The number of aromatic carboxylic acids is 1. The monoisotopic (exact) mass is 397 g/mol. The molecule has 0 aliphatic rings. The first-order valence-electron chi connectivity index (χ1n) is 8.79. The number of unbranched alkanes of at least 4 members (excludes halogenated alkanes) is 1. The summed E-state index contributed by atoms with van der Waals surface area (Å²) in [7, 11) is 0. The van der Waals surface area contributed by atoms with E-state index in [9.17, 15) is 24.3 Å². The second-order valence-electron chi connectivity index (χ2n) is 6.19. The zero-order valence-electron chi connectivity index (χ0n) is 15.2. The summed E-state index contributed by atoms with van der Waals surface area (Å²) >= 11 is 1.03. The van der Waals surface area contributed by atoms with Gasteiger partial charge in [0.1, 0.15) is 5.00 Å². The van der Waals surface area contributed by atoms with E-state index in [2.05, 4.69) is 24.6 Å². The fraction of sp³-hybridized carbons (Fsp3) is 0.529. The number of rotatable bonds is 11. The van der Waals surface area contributed by atoms with E-state index in [0.717, 1.165) is 41.7 Å². The van der Waals surface area contributed by atoms with Crippen molar-refractivity contribution in [2.45, 2.75) is 46.1 Å². The van der Waals surface area contributed by atoms with Crippen molar-refractivity contribution in [3.8, 4) is 0 Å². The quantitative estimate of drug-likeness (QED) is 0.496. The molecule has 2 aromatic heterocycles. The smallest absolute Gasteiger partial charge is 0.407 e. The average Bonchev–Trinajstić information content (AvgIpc) is 3.04. The van der Waals surface area contributed by atoms with Gasteiger partial charge in [-0.1, -0.05) is 33.1 Å². The number of carboxylic acid groups (broad SMARTS) is 1. The van der Waals surface area contributed by atoms with Gasteiger partial charge in [-0.3, -0.25) is 15.0 Å². The van der Waals surface area contributed by atoms with Crippen LogP contribution in [0.25, 0.3) is 0 Å². The number of hydrogen-bond acceptors (Lipinski definition) is 7. The predicted octanol–water partition coefficient (Wildman–Crippen LogP) is 2.16. The minimum absolute atomic E-state index is 0.0803. The molecule has 0 fully saturated rings. The van der Waals surface area contributed by atoms with Crippen LogP contribution in [0.2, 0.25) is 0 Å². The molecule has 0 saturated carbocycles. The molecule has 0 aromatic carbocycles. The Balaban J connectivity index is 1.88. The Morgan fingerprint density at radius 1 is 1.30 bits per heavy atom. The number of ether oxygens (including phenoxy) is 1. The van der Waals surface area contributed by atoms with Crippen LogP contribution in [0.4, 0.5) is 9.80 Å². The predicted molar refractivity (Wildman–Crippen MR) is 101 cm³/mol. The summed E-state index contributed by atoms with van der Waals surface area (Å²) in [5, 5.41) is 12.0. The highest BCUT2D eigenvalue weighted by Crippen LogP contribution is 2.28. The summed E-state index contributed by atoms with van der Waals surface area (Å²) in [6.45, 7) is 4.60. The third-order valence-electron chi connectivity index (χ3n) is 4.17. The molecule has 2 heterocycles. The molecular weight excluding hydrogens is 374 g/mol. The van der Waals surface area contributed by atoms with Crippen LogP contribution in [0.1, 0.15) is 54.8 Å². The van der Waals surface area contributed by atoms with E-state index < -0.39 is 23.2 Å². The fourth-order valence-corrected chi connectivity index (χ4v) is 3.39. The number of amides is 1. The van der Waals surface area contributed by atoms with Crippen LogP contribution in [0.15, 0.2) is 15.7 Å². The summed E-state index contributed by atoms with van der Waals surface area (Å²) in [5.74, 6) is -0.874. The topological polar surface area (TPSA) is 127 Å².